The number of halogens is 1. The molecule has 14 heavy (non-hydrogen) atoms. The maximum absolute atomic E-state index is 9.69. The molecule has 1 aromatic carbocycles. The molecule has 0 unspecified atom stereocenters. The highest BCUT2D eigenvalue weighted by Crippen LogP contribution is 2.32. The van der Waals surface area contributed by atoms with E-state index in [1.165, 1.54) is 0 Å². The standard InChI is InChI=1S/C10H8ClNO2/c11-8-4-6(5-13)10(14)9-7(8)2-1-3-12-9/h1-4,13-14H,5H2. The van der Waals surface area contributed by atoms with Crippen LogP contribution in [0.15, 0.2) is 24.4 Å². The molecule has 2 aromatic rings. The first-order valence-electron chi connectivity index (χ1n) is 4.10. The Morgan fingerprint density at radius 1 is 1.43 bits per heavy atom. The van der Waals surface area contributed by atoms with E-state index in [9.17, 15) is 5.11 Å². The van der Waals surface area contributed by atoms with Gasteiger partial charge in [0.2, 0.25) is 0 Å². The lowest BCUT2D eigenvalue weighted by molar-refractivity contribution is 0.276. The van der Waals surface area contributed by atoms with E-state index in [1.807, 2.05) is 0 Å². The molecule has 0 amide bonds. The summed E-state index contributed by atoms with van der Waals surface area (Å²) in [5.41, 5.74) is 0.810. The maximum atomic E-state index is 9.69. The van der Waals surface area contributed by atoms with Crippen molar-refractivity contribution < 1.29 is 10.2 Å². The van der Waals surface area contributed by atoms with E-state index in [4.69, 9.17) is 16.7 Å². The van der Waals surface area contributed by atoms with E-state index < -0.39 is 0 Å². The van der Waals surface area contributed by atoms with Crippen molar-refractivity contribution in [2.24, 2.45) is 0 Å². The summed E-state index contributed by atoms with van der Waals surface area (Å²) in [4.78, 5) is 4.00. The highest BCUT2D eigenvalue weighted by molar-refractivity contribution is 6.35. The minimum absolute atomic E-state index is 0.00694. The fourth-order valence-corrected chi connectivity index (χ4v) is 1.64. The summed E-state index contributed by atoms with van der Waals surface area (Å²) in [6, 6.07) is 5.05. The van der Waals surface area contributed by atoms with Gasteiger partial charge in [-0.2, -0.15) is 0 Å². The molecule has 1 heterocycles. The topological polar surface area (TPSA) is 53.4 Å². The number of aliphatic hydroxyl groups excluding tert-OH is 1. The third kappa shape index (κ3) is 1.31. The molecule has 0 saturated carbocycles. The SMILES string of the molecule is OCc1cc(Cl)c2cccnc2c1O. The lowest BCUT2D eigenvalue weighted by Gasteiger charge is -2.06. The van der Waals surface area contributed by atoms with E-state index in [0.717, 1.165) is 0 Å². The molecule has 4 heteroatoms. The van der Waals surface area contributed by atoms with Gasteiger partial charge in [-0.15, -0.1) is 0 Å². The summed E-state index contributed by atoms with van der Waals surface area (Å²) >= 11 is 5.95. The minimum Gasteiger partial charge on any atom is -0.505 e. The van der Waals surface area contributed by atoms with Crippen molar-refractivity contribution in [2.75, 3.05) is 0 Å². The average molecular weight is 210 g/mol. The van der Waals surface area contributed by atoms with E-state index >= 15 is 0 Å². The Labute approximate surface area is 85.6 Å². The zero-order valence-corrected chi connectivity index (χ0v) is 7.99. The van der Waals surface area contributed by atoms with Crippen molar-refractivity contribution in [3.63, 3.8) is 0 Å². The number of aromatic hydroxyl groups is 1. The molecule has 0 aliphatic carbocycles. The highest BCUT2D eigenvalue weighted by atomic mass is 35.5. The number of pyridine rings is 1. The van der Waals surface area contributed by atoms with Crippen molar-refractivity contribution in [2.45, 2.75) is 6.61 Å². The summed E-state index contributed by atoms with van der Waals surface area (Å²) in [6.07, 6.45) is 1.57. The van der Waals surface area contributed by atoms with Gasteiger partial charge in [-0.1, -0.05) is 11.6 Å². The van der Waals surface area contributed by atoms with Crippen LogP contribution in [0.5, 0.6) is 5.75 Å². The number of rotatable bonds is 1. The zero-order valence-electron chi connectivity index (χ0n) is 7.24. The number of hydrogen-bond donors (Lipinski definition) is 2. The Morgan fingerprint density at radius 2 is 2.21 bits per heavy atom. The molecular weight excluding hydrogens is 202 g/mol. The molecule has 0 radical (unpaired) electrons. The third-order valence-corrected chi connectivity index (χ3v) is 2.38. The van der Waals surface area contributed by atoms with Crippen LogP contribution in [-0.4, -0.2) is 15.2 Å². The second kappa shape index (κ2) is 3.44. The number of hydrogen-bond acceptors (Lipinski definition) is 3. The first-order chi connectivity index (χ1) is 6.74. The zero-order chi connectivity index (χ0) is 10.1. The molecule has 0 atom stereocenters. The van der Waals surface area contributed by atoms with Gasteiger partial charge in [0, 0.05) is 17.1 Å². The summed E-state index contributed by atoms with van der Waals surface area (Å²) in [5.74, 6) is -0.00694. The average Bonchev–Trinajstić information content (AvgIpc) is 2.23. The molecule has 72 valence electrons. The molecule has 0 spiro atoms. The Morgan fingerprint density at radius 3 is 2.93 bits per heavy atom. The lowest BCUT2D eigenvalue weighted by atomic mass is 10.1. The Bertz CT molecular complexity index is 485. The van der Waals surface area contributed by atoms with E-state index in [0.29, 0.717) is 21.5 Å². The Balaban J connectivity index is 2.87. The maximum Gasteiger partial charge on any atom is 0.147 e. The second-order valence-corrected chi connectivity index (χ2v) is 3.33. The summed E-state index contributed by atoms with van der Waals surface area (Å²) in [5, 5.41) is 19.8. The number of benzene rings is 1. The predicted molar refractivity (Wildman–Crippen MR) is 54.3 cm³/mol. The highest BCUT2D eigenvalue weighted by Gasteiger charge is 2.09. The molecule has 0 fully saturated rings. The normalized spacial score (nSPS) is 10.7. The van der Waals surface area contributed by atoms with Gasteiger partial charge in [-0.25, -0.2) is 0 Å². The van der Waals surface area contributed by atoms with Crippen LogP contribution in [-0.2, 0) is 6.61 Å². The Kier molecular flexibility index (Phi) is 2.27. The van der Waals surface area contributed by atoms with Crippen LogP contribution < -0.4 is 0 Å². The monoisotopic (exact) mass is 209 g/mol. The summed E-state index contributed by atoms with van der Waals surface area (Å²) < 4.78 is 0. The molecule has 0 bridgehead atoms. The molecular formula is C10H8ClNO2. The van der Waals surface area contributed by atoms with Gasteiger partial charge in [-0.3, -0.25) is 4.98 Å². The lowest BCUT2D eigenvalue weighted by Crippen LogP contribution is -1.88. The number of aliphatic hydroxyl groups is 1. The van der Waals surface area contributed by atoms with Crippen LogP contribution in [0, 0.1) is 0 Å². The van der Waals surface area contributed by atoms with Crippen molar-refractivity contribution in [3.8, 4) is 5.75 Å². The van der Waals surface area contributed by atoms with Crippen molar-refractivity contribution in [3.05, 3.63) is 35.0 Å². The Hall–Kier alpha value is -1.32. The van der Waals surface area contributed by atoms with Crippen LogP contribution in [0.2, 0.25) is 5.02 Å². The molecule has 0 aliphatic rings. The molecule has 1 aromatic heterocycles. The van der Waals surface area contributed by atoms with Gasteiger partial charge in [0.25, 0.3) is 0 Å². The largest absolute Gasteiger partial charge is 0.505 e. The first kappa shape index (κ1) is 9.24. The minimum atomic E-state index is -0.252. The molecule has 2 rings (SSSR count). The summed E-state index contributed by atoms with van der Waals surface area (Å²) in [7, 11) is 0. The number of nitrogens with zero attached hydrogens (tertiary/aromatic N) is 1. The van der Waals surface area contributed by atoms with Gasteiger partial charge in [-0.05, 0) is 18.2 Å². The molecule has 3 nitrogen and oxygen atoms in total. The summed E-state index contributed by atoms with van der Waals surface area (Å²) in [6.45, 7) is -0.252. The van der Waals surface area contributed by atoms with E-state index in [-0.39, 0.29) is 12.4 Å². The van der Waals surface area contributed by atoms with E-state index in [2.05, 4.69) is 4.98 Å². The van der Waals surface area contributed by atoms with E-state index in [1.54, 1.807) is 24.4 Å². The quantitative estimate of drug-likeness (QED) is 0.756. The van der Waals surface area contributed by atoms with Crippen LogP contribution in [0.3, 0.4) is 0 Å². The fourth-order valence-electron chi connectivity index (χ4n) is 1.36. The molecule has 2 N–H and O–H groups in total. The van der Waals surface area contributed by atoms with Gasteiger partial charge < -0.3 is 10.2 Å². The van der Waals surface area contributed by atoms with Gasteiger partial charge in [0.15, 0.2) is 0 Å². The van der Waals surface area contributed by atoms with Crippen LogP contribution >= 0.6 is 11.6 Å². The smallest absolute Gasteiger partial charge is 0.147 e. The van der Waals surface area contributed by atoms with Crippen molar-refractivity contribution >= 4 is 22.5 Å². The number of aromatic nitrogens is 1. The van der Waals surface area contributed by atoms with Gasteiger partial charge in [0.05, 0.1) is 11.6 Å². The van der Waals surface area contributed by atoms with Crippen molar-refractivity contribution in [1.82, 2.24) is 4.98 Å². The van der Waals surface area contributed by atoms with Crippen LogP contribution in [0.25, 0.3) is 10.9 Å². The predicted octanol–water partition coefficient (Wildman–Crippen LogP) is 2.09. The number of fused-ring (bicyclic) bond motifs is 1. The molecule has 0 saturated heterocycles. The van der Waals surface area contributed by atoms with Gasteiger partial charge >= 0.3 is 0 Å². The van der Waals surface area contributed by atoms with Gasteiger partial charge in [0.1, 0.15) is 11.3 Å². The third-order valence-electron chi connectivity index (χ3n) is 2.06. The fraction of sp³-hybridized carbons (Fsp3) is 0.100. The number of phenols is 1. The second-order valence-electron chi connectivity index (χ2n) is 2.92. The molecule has 0 aliphatic heterocycles. The van der Waals surface area contributed by atoms with Crippen LogP contribution in [0.4, 0.5) is 0 Å². The van der Waals surface area contributed by atoms with Crippen molar-refractivity contribution in [1.29, 1.82) is 0 Å². The van der Waals surface area contributed by atoms with Crippen LogP contribution in [0.1, 0.15) is 5.56 Å². The first-order valence-corrected chi connectivity index (χ1v) is 4.47.